The largest absolute Gasteiger partial charge is 0.496 e. The van der Waals surface area contributed by atoms with Crippen LogP contribution < -0.4 is 19.5 Å². The molecule has 20 heavy (non-hydrogen) atoms. The Bertz CT molecular complexity index is 591. The fraction of sp³-hybridized carbons (Fsp3) is 0.286. The Morgan fingerprint density at radius 2 is 1.60 bits per heavy atom. The number of hydrogen-bond donors (Lipinski definition) is 1. The summed E-state index contributed by atoms with van der Waals surface area (Å²) in [7, 11) is 4.56. The third-order valence-corrected chi connectivity index (χ3v) is 2.96. The number of imide groups is 1. The Morgan fingerprint density at radius 1 is 1.00 bits per heavy atom. The first-order chi connectivity index (χ1) is 9.58. The molecular weight excluding hydrogens is 262 g/mol. The van der Waals surface area contributed by atoms with E-state index in [0.29, 0.717) is 28.4 Å². The van der Waals surface area contributed by atoms with E-state index in [2.05, 4.69) is 5.32 Å². The van der Waals surface area contributed by atoms with Crippen LogP contribution in [0.4, 0.5) is 0 Å². The van der Waals surface area contributed by atoms with Gasteiger partial charge in [0.15, 0.2) is 11.5 Å². The number of carbonyl (C=O) groups excluding carboxylic acids is 2. The number of nitrogens with one attached hydrogen (secondary N) is 1. The minimum atomic E-state index is -0.383. The molecule has 0 radical (unpaired) electrons. The van der Waals surface area contributed by atoms with Gasteiger partial charge in [-0.25, -0.2) is 0 Å². The van der Waals surface area contributed by atoms with Gasteiger partial charge in [-0.15, -0.1) is 0 Å². The van der Waals surface area contributed by atoms with Gasteiger partial charge < -0.3 is 14.2 Å². The van der Waals surface area contributed by atoms with Gasteiger partial charge in [0.1, 0.15) is 5.75 Å². The summed E-state index contributed by atoms with van der Waals surface area (Å²) >= 11 is 0. The molecule has 1 aliphatic rings. The molecule has 2 rings (SSSR count). The molecule has 6 heteroatoms. The van der Waals surface area contributed by atoms with Gasteiger partial charge in [-0.05, 0) is 12.1 Å². The molecule has 2 amide bonds. The average molecular weight is 277 g/mol. The van der Waals surface area contributed by atoms with Gasteiger partial charge >= 0.3 is 0 Å². The number of hydrogen-bond acceptors (Lipinski definition) is 5. The third-order valence-electron chi connectivity index (χ3n) is 2.96. The Balaban J connectivity index is 2.48. The minimum absolute atomic E-state index is 0.0658. The zero-order valence-electron chi connectivity index (χ0n) is 11.5. The van der Waals surface area contributed by atoms with Crippen molar-refractivity contribution in [3.05, 3.63) is 23.3 Å². The first-order valence-corrected chi connectivity index (χ1v) is 5.93. The van der Waals surface area contributed by atoms with Gasteiger partial charge in [0, 0.05) is 17.2 Å². The number of rotatable bonds is 4. The van der Waals surface area contributed by atoms with Crippen molar-refractivity contribution in [3.63, 3.8) is 0 Å². The maximum absolute atomic E-state index is 11.6. The van der Waals surface area contributed by atoms with E-state index in [1.165, 1.54) is 21.3 Å². The van der Waals surface area contributed by atoms with Crippen LogP contribution >= 0.6 is 0 Å². The topological polar surface area (TPSA) is 73.9 Å². The van der Waals surface area contributed by atoms with E-state index in [4.69, 9.17) is 14.2 Å². The predicted molar refractivity (Wildman–Crippen MR) is 71.8 cm³/mol. The molecular formula is C14H15NO5. The molecule has 0 bridgehead atoms. The summed E-state index contributed by atoms with van der Waals surface area (Å²) in [5, 5.41) is 2.23. The van der Waals surface area contributed by atoms with Crippen LogP contribution in [0, 0.1) is 0 Å². The van der Waals surface area contributed by atoms with Crippen LogP contribution in [-0.4, -0.2) is 33.1 Å². The molecule has 1 saturated heterocycles. The quantitative estimate of drug-likeness (QED) is 0.660. The molecule has 0 aromatic heterocycles. The Hall–Kier alpha value is -2.50. The van der Waals surface area contributed by atoms with E-state index in [1.807, 2.05) is 0 Å². The summed E-state index contributed by atoms with van der Waals surface area (Å²) in [6.45, 7) is 0. The standard InChI is InChI=1S/C14H15NO5/c1-18-10-7-12(20-3)11(19-2)5-8(10)4-9-6-13(16)15-14(9)17/h4-5,7H,6H2,1-3H3,(H,15,16,17)/b9-4+. The summed E-state index contributed by atoms with van der Waals surface area (Å²) in [6.07, 6.45) is 1.68. The highest BCUT2D eigenvalue weighted by Gasteiger charge is 2.24. The molecule has 0 aliphatic carbocycles. The van der Waals surface area contributed by atoms with Crippen LogP contribution in [0.15, 0.2) is 17.7 Å². The van der Waals surface area contributed by atoms with Crippen molar-refractivity contribution in [2.45, 2.75) is 6.42 Å². The van der Waals surface area contributed by atoms with Crippen LogP contribution in [0.25, 0.3) is 6.08 Å². The normalized spacial score (nSPS) is 16.2. The Kier molecular flexibility index (Phi) is 3.93. The number of carbonyl (C=O) groups is 2. The molecule has 6 nitrogen and oxygen atoms in total. The fourth-order valence-corrected chi connectivity index (χ4v) is 1.97. The van der Waals surface area contributed by atoms with E-state index in [0.717, 1.165) is 0 Å². The van der Waals surface area contributed by atoms with Gasteiger partial charge in [-0.2, -0.15) is 0 Å². The summed E-state index contributed by atoms with van der Waals surface area (Å²) in [4.78, 5) is 22.8. The van der Waals surface area contributed by atoms with Crippen molar-refractivity contribution < 1.29 is 23.8 Å². The maximum Gasteiger partial charge on any atom is 0.254 e. The van der Waals surface area contributed by atoms with E-state index in [9.17, 15) is 9.59 Å². The summed E-state index contributed by atoms with van der Waals surface area (Å²) in [5.74, 6) is 0.887. The lowest BCUT2D eigenvalue weighted by Crippen LogP contribution is -2.19. The van der Waals surface area contributed by atoms with Crippen molar-refractivity contribution in [1.29, 1.82) is 0 Å². The van der Waals surface area contributed by atoms with Gasteiger partial charge in [0.25, 0.3) is 5.91 Å². The number of ether oxygens (including phenoxy) is 3. The molecule has 106 valence electrons. The maximum atomic E-state index is 11.6. The van der Waals surface area contributed by atoms with E-state index < -0.39 is 0 Å². The van der Waals surface area contributed by atoms with Crippen molar-refractivity contribution in [1.82, 2.24) is 5.32 Å². The van der Waals surface area contributed by atoms with Gasteiger partial charge in [-0.1, -0.05) is 0 Å². The zero-order chi connectivity index (χ0) is 14.7. The molecule has 1 aliphatic heterocycles. The molecule has 1 fully saturated rings. The van der Waals surface area contributed by atoms with Gasteiger partial charge in [0.2, 0.25) is 5.91 Å². The van der Waals surface area contributed by atoms with Crippen LogP contribution in [0.3, 0.4) is 0 Å². The van der Waals surface area contributed by atoms with Crippen LogP contribution in [0.5, 0.6) is 17.2 Å². The summed E-state index contributed by atoms with van der Waals surface area (Å²) in [6, 6.07) is 3.36. The molecule has 1 heterocycles. The molecule has 1 N–H and O–H groups in total. The molecule has 1 aromatic carbocycles. The smallest absolute Gasteiger partial charge is 0.254 e. The predicted octanol–water partition coefficient (Wildman–Crippen LogP) is 1.14. The lowest BCUT2D eigenvalue weighted by atomic mass is 10.1. The SMILES string of the molecule is COc1cc(OC)c(OC)cc1/C=C1\CC(=O)NC1=O. The lowest BCUT2D eigenvalue weighted by Gasteiger charge is -2.12. The number of benzene rings is 1. The second-order valence-electron chi connectivity index (χ2n) is 4.17. The minimum Gasteiger partial charge on any atom is -0.496 e. The summed E-state index contributed by atoms with van der Waals surface area (Å²) in [5.41, 5.74) is 1.03. The Morgan fingerprint density at radius 3 is 2.10 bits per heavy atom. The van der Waals surface area contributed by atoms with Gasteiger partial charge in [-0.3, -0.25) is 14.9 Å². The molecule has 0 atom stereocenters. The highest BCUT2D eigenvalue weighted by Crippen LogP contribution is 2.36. The monoisotopic (exact) mass is 277 g/mol. The molecule has 1 aromatic rings. The second kappa shape index (κ2) is 5.64. The average Bonchev–Trinajstić information content (AvgIpc) is 2.76. The highest BCUT2D eigenvalue weighted by molar-refractivity contribution is 6.15. The number of methoxy groups -OCH3 is 3. The van der Waals surface area contributed by atoms with Crippen molar-refractivity contribution >= 4 is 17.9 Å². The first kappa shape index (κ1) is 13.9. The molecule has 0 spiro atoms. The highest BCUT2D eigenvalue weighted by atomic mass is 16.5. The van der Waals surface area contributed by atoms with Crippen LogP contribution in [0.2, 0.25) is 0 Å². The van der Waals surface area contributed by atoms with Crippen molar-refractivity contribution in [2.24, 2.45) is 0 Å². The van der Waals surface area contributed by atoms with E-state index in [-0.39, 0.29) is 18.2 Å². The molecule has 0 saturated carbocycles. The van der Waals surface area contributed by atoms with Crippen molar-refractivity contribution in [2.75, 3.05) is 21.3 Å². The first-order valence-electron chi connectivity index (χ1n) is 5.93. The summed E-state index contributed by atoms with van der Waals surface area (Å²) < 4.78 is 15.7. The van der Waals surface area contributed by atoms with Crippen LogP contribution in [-0.2, 0) is 9.59 Å². The van der Waals surface area contributed by atoms with E-state index in [1.54, 1.807) is 18.2 Å². The molecule has 0 unspecified atom stereocenters. The van der Waals surface area contributed by atoms with Crippen LogP contribution in [0.1, 0.15) is 12.0 Å². The fourth-order valence-electron chi connectivity index (χ4n) is 1.97. The number of amides is 2. The lowest BCUT2D eigenvalue weighted by molar-refractivity contribution is -0.124. The second-order valence-corrected chi connectivity index (χ2v) is 4.17. The van der Waals surface area contributed by atoms with Crippen molar-refractivity contribution in [3.8, 4) is 17.2 Å². The van der Waals surface area contributed by atoms with Gasteiger partial charge in [0.05, 0.1) is 27.8 Å². The Labute approximate surface area is 116 Å². The van der Waals surface area contributed by atoms with E-state index >= 15 is 0 Å². The third kappa shape index (κ3) is 2.59. The zero-order valence-corrected chi connectivity index (χ0v) is 11.5.